The van der Waals surface area contributed by atoms with Crippen LogP contribution in [-0.2, 0) is 14.3 Å². The Hall–Kier alpha value is -1.47. The molecule has 3 aliphatic rings. The van der Waals surface area contributed by atoms with Gasteiger partial charge >= 0.3 is 0 Å². The first-order valence-corrected chi connectivity index (χ1v) is 10.9. The summed E-state index contributed by atoms with van der Waals surface area (Å²) in [5, 5.41) is 7.27. The van der Waals surface area contributed by atoms with E-state index in [1.807, 2.05) is 12.1 Å². The standard InChI is InChI=1S/C22H30ClN3O3/c1-13-8-16(29-2)10-17-21(13)25-19-6-7-26(11-18(19)22(17)28)12-20(27)24-15-5-3-4-14(23)9-15/h3-5,9,13,16-19,21,25H,6-8,10-12H2,1-2H3,(H,24,27). The number of carbonyl (C=O) groups is 2. The van der Waals surface area contributed by atoms with E-state index < -0.39 is 0 Å². The number of rotatable bonds is 4. The normalized spacial score (nSPS) is 34.9. The molecule has 2 aliphatic heterocycles. The molecule has 0 radical (unpaired) electrons. The number of nitrogens with one attached hydrogen (secondary N) is 2. The molecule has 1 aliphatic carbocycles. The quantitative estimate of drug-likeness (QED) is 0.784. The van der Waals surface area contributed by atoms with Crippen LogP contribution in [0.15, 0.2) is 24.3 Å². The fraction of sp³-hybridized carbons (Fsp3) is 0.636. The molecule has 7 heteroatoms. The van der Waals surface area contributed by atoms with Crippen LogP contribution in [0.25, 0.3) is 0 Å². The number of hydrogen-bond acceptors (Lipinski definition) is 5. The van der Waals surface area contributed by atoms with Gasteiger partial charge in [0.15, 0.2) is 0 Å². The van der Waals surface area contributed by atoms with Crippen molar-refractivity contribution in [3.05, 3.63) is 29.3 Å². The summed E-state index contributed by atoms with van der Waals surface area (Å²) < 4.78 is 5.58. The highest BCUT2D eigenvalue weighted by Crippen LogP contribution is 2.39. The van der Waals surface area contributed by atoms with Crippen molar-refractivity contribution in [1.82, 2.24) is 10.2 Å². The van der Waals surface area contributed by atoms with Gasteiger partial charge in [-0.2, -0.15) is 0 Å². The highest BCUT2D eigenvalue weighted by molar-refractivity contribution is 6.30. The minimum absolute atomic E-state index is 0.0187. The number of halogens is 1. The molecule has 2 saturated heterocycles. The maximum absolute atomic E-state index is 13.3. The third-order valence-electron chi connectivity index (χ3n) is 6.84. The van der Waals surface area contributed by atoms with E-state index in [0.717, 1.165) is 25.8 Å². The number of likely N-dealkylation sites (tertiary alicyclic amines) is 1. The predicted molar refractivity (Wildman–Crippen MR) is 113 cm³/mol. The summed E-state index contributed by atoms with van der Waals surface area (Å²) in [5.41, 5.74) is 0.692. The van der Waals surface area contributed by atoms with Crippen molar-refractivity contribution in [2.45, 2.75) is 44.4 Å². The maximum atomic E-state index is 13.3. The molecule has 6 nitrogen and oxygen atoms in total. The molecule has 1 saturated carbocycles. The van der Waals surface area contributed by atoms with E-state index in [4.69, 9.17) is 16.3 Å². The Labute approximate surface area is 177 Å². The second-order valence-corrected chi connectivity index (χ2v) is 9.24. The number of hydrogen-bond donors (Lipinski definition) is 2. The fourth-order valence-electron chi connectivity index (χ4n) is 5.39. The van der Waals surface area contributed by atoms with E-state index in [2.05, 4.69) is 22.5 Å². The highest BCUT2D eigenvalue weighted by Gasteiger charge is 2.49. The molecule has 0 bridgehead atoms. The summed E-state index contributed by atoms with van der Waals surface area (Å²) >= 11 is 5.98. The van der Waals surface area contributed by atoms with Crippen molar-refractivity contribution in [3.8, 4) is 0 Å². The summed E-state index contributed by atoms with van der Waals surface area (Å²) in [5.74, 6) is 0.680. The molecule has 6 atom stereocenters. The molecule has 3 fully saturated rings. The molecule has 0 aromatic heterocycles. The lowest BCUT2D eigenvalue weighted by molar-refractivity contribution is -0.140. The van der Waals surface area contributed by atoms with E-state index in [9.17, 15) is 9.59 Å². The van der Waals surface area contributed by atoms with Crippen molar-refractivity contribution in [2.24, 2.45) is 17.8 Å². The van der Waals surface area contributed by atoms with Crippen LogP contribution in [0.5, 0.6) is 0 Å². The number of ether oxygens (including phenoxy) is 1. The fourth-order valence-corrected chi connectivity index (χ4v) is 5.58. The number of piperidine rings is 2. The zero-order valence-electron chi connectivity index (χ0n) is 17.1. The topological polar surface area (TPSA) is 70.7 Å². The van der Waals surface area contributed by atoms with Crippen molar-refractivity contribution in [1.29, 1.82) is 0 Å². The number of Topliss-reactive ketones (excluding diaryl/α,β-unsaturated/α-hetero) is 1. The second-order valence-electron chi connectivity index (χ2n) is 8.80. The lowest BCUT2D eigenvalue weighted by Crippen LogP contribution is -2.66. The summed E-state index contributed by atoms with van der Waals surface area (Å²) in [4.78, 5) is 27.9. The molecule has 6 unspecified atom stereocenters. The number of methoxy groups -OCH3 is 1. The van der Waals surface area contributed by atoms with E-state index in [0.29, 0.717) is 29.0 Å². The second kappa shape index (κ2) is 8.72. The first kappa shape index (κ1) is 20.8. The number of fused-ring (bicyclic) bond motifs is 2. The third kappa shape index (κ3) is 4.50. The van der Waals surface area contributed by atoms with Crippen molar-refractivity contribution >= 4 is 29.0 Å². The monoisotopic (exact) mass is 419 g/mol. The zero-order chi connectivity index (χ0) is 20.5. The molecule has 4 rings (SSSR count). The Balaban J connectivity index is 1.37. The Bertz CT molecular complexity index is 773. The molecule has 1 amide bonds. The van der Waals surface area contributed by atoms with Gasteiger partial charge in [0.1, 0.15) is 5.78 Å². The van der Waals surface area contributed by atoms with Crippen LogP contribution >= 0.6 is 11.6 Å². The Morgan fingerprint density at radius 1 is 1.34 bits per heavy atom. The van der Waals surface area contributed by atoms with Crippen LogP contribution in [0.2, 0.25) is 5.02 Å². The molecular formula is C22H30ClN3O3. The lowest BCUT2D eigenvalue weighted by atomic mass is 9.66. The first-order chi connectivity index (χ1) is 13.9. The maximum Gasteiger partial charge on any atom is 0.238 e. The summed E-state index contributed by atoms with van der Waals surface area (Å²) in [6.07, 6.45) is 2.86. The molecule has 1 aromatic carbocycles. The third-order valence-corrected chi connectivity index (χ3v) is 7.08. The SMILES string of the molecule is COC1CC(C)C2NC3CCN(CC(=O)Nc4cccc(Cl)c4)CC3C(=O)C2C1. The van der Waals surface area contributed by atoms with Crippen molar-refractivity contribution < 1.29 is 14.3 Å². The molecule has 1 aromatic rings. The van der Waals surface area contributed by atoms with E-state index in [1.165, 1.54) is 0 Å². The Morgan fingerprint density at radius 2 is 2.17 bits per heavy atom. The van der Waals surface area contributed by atoms with Gasteiger partial charge in [0.2, 0.25) is 5.91 Å². The first-order valence-electron chi connectivity index (χ1n) is 10.5. The number of benzene rings is 1. The molecule has 2 heterocycles. The summed E-state index contributed by atoms with van der Waals surface area (Å²) in [6.45, 7) is 3.96. The average molecular weight is 420 g/mol. The van der Waals surface area contributed by atoms with Crippen LogP contribution in [-0.4, -0.2) is 61.5 Å². The number of ketones is 1. The minimum Gasteiger partial charge on any atom is -0.381 e. The van der Waals surface area contributed by atoms with Crippen LogP contribution in [0.4, 0.5) is 5.69 Å². The van der Waals surface area contributed by atoms with Gasteiger partial charge in [-0.15, -0.1) is 0 Å². The number of carbonyl (C=O) groups excluding carboxylic acids is 2. The van der Waals surface area contributed by atoms with Gasteiger partial charge in [0.05, 0.1) is 12.6 Å². The molecular weight excluding hydrogens is 390 g/mol. The highest BCUT2D eigenvalue weighted by atomic mass is 35.5. The number of anilines is 1. The van der Waals surface area contributed by atoms with E-state index in [1.54, 1.807) is 19.2 Å². The van der Waals surface area contributed by atoms with Crippen LogP contribution in [0, 0.1) is 17.8 Å². The number of amides is 1. The molecule has 2 N–H and O–H groups in total. The minimum atomic E-state index is -0.0782. The van der Waals surface area contributed by atoms with Gasteiger partial charge in [-0.25, -0.2) is 0 Å². The Kier molecular flexibility index (Phi) is 6.25. The Morgan fingerprint density at radius 3 is 2.93 bits per heavy atom. The van der Waals surface area contributed by atoms with Crippen LogP contribution < -0.4 is 10.6 Å². The lowest BCUT2D eigenvalue weighted by Gasteiger charge is -2.51. The van der Waals surface area contributed by atoms with Crippen molar-refractivity contribution in [2.75, 3.05) is 32.1 Å². The number of nitrogens with zero attached hydrogens (tertiary/aromatic N) is 1. The average Bonchev–Trinajstić information content (AvgIpc) is 2.69. The van der Waals surface area contributed by atoms with E-state index >= 15 is 0 Å². The smallest absolute Gasteiger partial charge is 0.238 e. The van der Waals surface area contributed by atoms with Gasteiger partial charge in [-0.1, -0.05) is 24.6 Å². The molecule has 29 heavy (non-hydrogen) atoms. The summed E-state index contributed by atoms with van der Waals surface area (Å²) in [6, 6.07) is 7.62. The van der Waals surface area contributed by atoms with Gasteiger partial charge in [-0.05, 0) is 43.4 Å². The van der Waals surface area contributed by atoms with Crippen LogP contribution in [0.1, 0.15) is 26.2 Å². The van der Waals surface area contributed by atoms with Gasteiger partial charge in [0, 0.05) is 54.8 Å². The molecule has 0 spiro atoms. The molecule has 158 valence electrons. The van der Waals surface area contributed by atoms with Crippen LogP contribution in [0.3, 0.4) is 0 Å². The summed E-state index contributed by atoms with van der Waals surface area (Å²) in [7, 11) is 1.74. The predicted octanol–water partition coefficient (Wildman–Crippen LogP) is 2.57. The van der Waals surface area contributed by atoms with Gasteiger partial charge in [-0.3, -0.25) is 14.5 Å². The van der Waals surface area contributed by atoms with Crippen molar-refractivity contribution in [3.63, 3.8) is 0 Å². The van der Waals surface area contributed by atoms with Gasteiger partial charge < -0.3 is 15.4 Å². The van der Waals surface area contributed by atoms with Gasteiger partial charge in [0.25, 0.3) is 0 Å². The van der Waals surface area contributed by atoms with E-state index in [-0.39, 0.29) is 42.5 Å². The largest absolute Gasteiger partial charge is 0.381 e. The zero-order valence-corrected chi connectivity index (χ0v) is 17.8.